The molecule has 1 N–H and O–H groups in total. The molecule has 0 atom stereocenters. The van der Waals surface area contributed by atoms with Crippen molar-refractivity contribution in [3.63, 3.8) is 0 Å². The monoisotopic (exact) mass is 247 g/mol. The van der Waals surface area contributed by atoms with E-state index in [-0.39, 0.29) is 5.41 Å². The normalized spacial score (nSPS) is 17.7. The maximum atomic E-state index is 6.31. The minimum Gasteiger partial charge on any atom is -0.472 e. The molecule has 0 unspecified atom stereocenters. The lowest BCUT2D eigenvalue weighted by Crippen LogP contribution is -2.58. The van der Waals surface area contributed by atoms with Gasteiger partial charge in [0.05, 0.1) is 12.5 Å². The Bertz CT molecular complexity index is 503. The van der Waals surface area contributed by atoms with Gasteiger partial charge in [0.2, 0.25) is 0 Å². The van der Waals surface area contributed by atoms with Crippen LogP contribution in [0.2, 0.25) is 5.02 Å². The average molecular weight is 248 g/mol. The molecular weight excluding hydrogens is 234 g/mol. The Morgan fingerprint density at radius 3 is 2.65 bits per heavy atom. The molecule has 1 fully saturated rings. The Kier molecular flexibility index (Phi) is 2.69. The molecule has 0 saturated carbocycles. The molecule has 0 bridgehead atoms. The van der Waals surface area contributed by atoms with E-state index in [4.69, 9.17) is 16.0 Å². The molecule has 0 aliphatic carbocycles. The summed E-state index contributed by atoms with van der Waals surface area (Å²) >= 11 is 6.31. The van der Waals surface area contributed by atoms with Crippen LogP contribution in [-0.4, -0.2) is 13.1 Å². The van der Waals surface area contributed by atoms with E-state index in [0.29, 0.717) is 0 Å². The Balaban J connectivity index is 1.95. The SMILES string of the molecule is Clc1ccccc1C1(Cc2ccoc2)CNC1. The van der Waals surface area contributed by atoms with Crippen molar-refractivity contribution in [1.82, 2.24) is 5.32 Å². The number of rotatable bonds is 3. The molecule has 1 aliphatic rings. The van der Waals surface area contributed by atoms with Crippen molar-refractivity contribution in [3.8, 4) is 0 Å². The van der Waals surface area contributed by atoms with E-state index >= 15 is 0 Å². The third-order valence-corrected chi connectivity index (χ3v) is 3.82. The fourth-order valence-corrected chi connectivity index (χ4v) is 2.85. The third-order valence-electron chi connectivity index (χ3n) is 3.49. The Morgan fingerprint density at radius 1 is 1.24 bits per heavy atom. The van der Waals surface area contributed by atoms with Crippen molar-refractivity contribution in [2.24, 2.45) is 0 Å². The second kappa shape index (κ2) is 4.21. The second-order valence-corrected chi connectivity index (χ2v) is 5.08. The van der Waals surface area contributed by atoms with Gasteiger partial charge in [-0.15, -0.1) is 0 Å². The summed E-state index contributed by atoms with van der Waals surface area (Å²) in [7, 11) is 0. The van der Waals surface area contributed by atoms with Crippen LogP contribution in [0.25, 0.3) is 0 Å². The van der Waals surface area contributed by atoms with Crippen LogP contribution in [0.4, 0.5) is 0 Å². The minimum absolute atomic E-state index is 0.127. The van der Waals surface area contributed by atoms with Gasteiger partial charge in [-0.1, -0.05) is 29.8 Å². The molecule has 2 nitrogen and oxygen atoms in total. The molecule has 0 amide bonds. The number of halogens is 1. The predicted molar refractivity (Wildman–Crippen MR) is 68.4 cm³/mol. The number of hydrogen-bond acceptors (Lipinski definition) is 2. The quantitative estimate of drug-likeness (QED) is 0.902. The molecule has 1 aromatic heterocycles. The van der Waals surface area contributed by atoms with Crippen molar-refractivity contribution in [2.75, 3.05) is 13.1 Å². The molecule has 2 heterocycles. The fraction of sp³-hybridized carbons (Fsp3) is 0.286. The van der Waals surface area contributed by atoms with Crippen LogP contribution in [0, 0.1) is 0 Å². The van der Waals surface area contributed by atoms with Gasteiger partial charge in [0.1, 0.15) is 0 Å². The maximum absolute atomic E-state index is 6.31. The minimum atomic E-state index is 0.127. The Morgan fingerprint density at radius 2 is 2.06 bits per heavy atom. The van der Waals surface area contributed by atoms with Crippen LogP contribution < -0.4 is 5.32 Å². The van der Waals surface area contributed by atoms with Crippen molar-refractivity contribution in [1.29, 1.82) is 0 Å². The van der Waals surface area contributed by atoms with Gasteiger partial charge in [-0.05, 0) is 29.7 Å². The topological polar surface area (TPSA) is 25.2 Å². The first-order valence-corrected chi connectivity index (χ1v) is 6.15. The van der Waals surface area contributed by atoms with Gasteiger partial charge >= 0.3 is 0 Å². The summed E-state index contributed by atoms with van der Waals surface area (Å²) in [4.78, 5) is 0. The Labute approximate surface area is 106 Å². The summed E-state index contributed by atoms with van der Waals surface area (Å²) in [5.74, 6) is 0. The molecular formula is C14H14ClNO. The molecule has 1 saturated heterocycles. The lowest BCUT2D eigenvalue weighted by molar-refractivity contribution is 0.274. The zero-order valence-corrected chi connectivity index (χ0v) is 10.2. The predicted octanol–water partition coefficient (Wildman–Crippen LogP) is 3.02. The molecule has 3 rings (SSSR count). The molecule has 88 valence electrons. The van der Waals surface area contributed by atoms with Gasteiger partial charge < -0.3 is 9.73 Å². The summed E-state index contributed by atoms with van der Waals surface area (Å²) in [6, 6.07) is 10.1. The van der Waals surface area contributed by atoms with E-state index in [1.54, 1.807) is 6.26 Å². The van der Waals surface area contributed by atoms with Crippen LogP contribution in [-0.2, 0) is 11.8 Å². The summed E-state index contributed by atoms with van der Waals surface area (Å²) in [6.07, 6.45) is 4.51. The number of hydrogen-bond donors (Lipinski definition) is 1. The zero-order chi connectivity index (χ0) is 11.7. The van der Waals surface area contributed by atoms with Crippen LogP contribution in [0.3, 0.4) is 0 Å². The second-order valence-electron chi connectivity index (χ2n) is 4.67. The summed E-state index contributed by atoms with van der Waals surface area (Å²) < 4.78 is 5.14. The van der Waals surface area contributed by atoms with E-state index in [1.807, 2.05) is 24.5 Å². The largest absolute Gasteiger partial charge is 0.472 e. The molecule has 17 heavy (non-hydrogen) atoms. The molecule has 0 radical (unpaired) electrons. The smallest absolute Gasteiger partial charge is 0.0934 e. The van der Waals surface area contributed by atoms with Crippen molar-refractivity contribution >= 4 is 11.6 Å². The van der Waals surface area contributed by atoms with Crippen LogP contribution in [0.5, 0.6) is 0 Å². The van der Waals surface area contributed by atoms with E-state index in [9.17, 15) is 0 Å². The van der Waals surface area contributed by atoms with Gasteiger partial charge in [-0.25, -0.2) is 0 Å². The van der Waals surface area contributed by atoms with Gasteiger partial charge in [0.25, 0.3) is 0 Å². The van der Waals surface area contributed by atoms with E-state index in [0.717, 1.165) is 24.5 Å². The summed E-state index contributed by atoms with van der Waals surface area (Å²) in [5, 5.41) is 4.21. The van der Waals surface area contributed by atoms with Gasteiger partial charge in [0.15, 0.2) is 0 Å². The molecule has 2 aromatic rings. The van der Waals surface area contributed by atoms with Crippen LogP contribution >= 0.6 is 11.6 Å². The van der Waals surface area contributed by atoms with E-state index in [1.165, 1.54) is 11.1 Å². The van der Waals surface area contributed by atoms with Crippen molar-refractivity contribution in [2.45, 2.75) is 11.8 Å². The summed E-state index contributed by atoms with van der Waals surface area (Å²) in [6.45, 7) is 1.95. The lowest BCUT2D eigenvalue weighted by Gasteiger charge is -2.43. The summed E-state index contributed by atoms with van der Waals surface area (Å²) in [5.41, 5.74) is 2.59. The molecule has 1 aromatic carbocycles. The third kappa shape index (κ3) is 1.88. The van der Waals surface area contributed by atoms with E-state index in [2.05, 4.69) is 17.4 Å². The van der Waals surface area contributed by atoms with Gasteiger partial charge in [0, 0.05) is 23.5 Å². The zero-order valence-electron chi connectivity index (χ0n) is 9.45. The first-order chi connectivity index (χ1) is 8.30. The standard InChI is InChI=1S/C14H14ClNO/c15-13-4-2-1-3-12(13)14(9-16-10-14)7-11-5-6-17-8-11/h1-6,8,16H,7,9-10H2. The van der Waals surface area contributed by atoms with Crippen molar-refractivity contribution < 1.29 is 4.42 Å². The first kappa shape index (κ1) is 10.9. The Hall–Kier alpha value is -1.25. The maximum Gasteiger partial charge on any atom is 0.0934 e. The highest BCUT2D eigenvalue weighted by atomic mass is 35.5. The van der Waals surface area contributed by atoms with Gasteiger partial charge in [-0.2, -0.15) is 0 Å². The van der Waals surface area contributed by atoms with Crippen LogP contribution in [0.1, 0.15) is 11.1 Å². The number of furan rings is 1. The van der Waals surface area contributed by atoms with Crippen LogP contribution in [0.15, 0.2) is 47.3 Å². The van der Waals surface area contributed by atoms with E-state index < -0.39 is 0 Å². The fourth-order valence-electron chi connectivity index (χ4n) is 2.51. The van der Waals surface area contributed by atoms with Gasteiger partial charge in [-0.3, -0.25) is 0 Å². The number of nitrogens with one attached hydrogen (secondary N) is 1. The molecule has 0 spiro atoms. The average Bonchev–Trinajstić information content (AvgIpc) is 2.77. The number of benzene rings is 1. The highest BCUT2D eigenvalue weighted by Crippen LogP contribution is 2.36. The molecule has 1 aliphatic heterocycles. The highest BCUT2D eigenvalue weighted by Gasteiger charge is 2.40. The van der Waals surface area contributed by atoms with Crippen molar-refractivity contribution in [3.05, 3.63) is 59.0 Å². The lowest BCUT2D eigenvalue weighted by atomic mass is 9.71. The molecule has 3 heteroatoms. The first-order valence-electron chi connectivity index (χ1n) is 5.77. The highest BCUT2D eigenvalue weighted by molar-refractivity contribution is 6.31.